The number of hydrogen-bond donors (Lipinski definition) is 2. The fourth-order valence-corrected chi connectivity index (χ4v) is 2.85. The van der Waals surface area contributed by atoms with Crippen molar-refractivity contribution in [3.8, 4) is 0 Å². The molecule has 0 spiro atoms. The van der Waals surface area contributed by atoms with E-state index in [1.54, 1.807) is 18.7 Å². The normalized spacial score (nSPS) is 17.7. The van der Waals surface area contributed by atoms with Crippen molar-refractivity contribution < 1.29 is 14.6 Å². The summed E-state index contributed by atoms with van der Waals surface area (Å²) < 4.78 is 6.70. The lowest BCUT2D eigenvalue weighted by atomic mass is 9.85. The van der Waals surface area contributed by atoms with Gasteiger partial charge in [-0.3, -0.25) is 4.68 Å². The van der Waals surface area contributed by atoms with Crippen LogP contribution in [0.2, 0.25) is 0 Å². The number of nitrogens with one attached hydrogen (secondary N) is 1. The van der Waals surface area contributed by atoms with Crippen LogP contribution in [0.4, 0.5) is 0 Å². The van der Waals surface area contributed by atoms with Crippen molar-refractivity contribution in [3.63, 3.8) is 0 Å². The average Bonchev–Trinajstić information content (AvgIpc) is 2.81. The molecule has 0 radical (unpaired) electrons. The van der Waals surface area contributed by atoms with E-state index in [0.717, 1.165) is 31.4 Å². The Morgan fingerprint density at radius 1 is 1.48 bits per heavy atom. The number of esters is 1. The zero-order chi connectivity index (χ0) is 15.3. The molecule has 0 bridgehead atoms. The fraction of sp³-hybridized carbons (Fsp3) is 0.733. The van der Waals surface area contributed by atoms with Crippen molar-refractivity contribution in [2.75, 3.05) is 13.2 Å². The smallest absolute Gasteiger partial charge is 0.341 e. The molecule has 21 heavy (non-hydrogen) atoms. The molecule has 6 heteroatoms. The molecule has 1 aromatic rings. The highest BCUT2D eigenvalue weighted by Gasteiger charge is 2.28. The Bertz CT molecular complexity index is 479. The van der Waals surface area contributed by atoms with Gasteiger partial charge >= 0.3 is 5.97 Å². The predicted octanol–water partition coefficient (Wildman–Crippen LogP) is 1.38. The monoisotopic (exact) mass is 295 g/mol. The van der Waals surface area contributed by atoms with Crippen LogP contribution >= 0.6 is 0 Å². The SMILES string of the molecule is CCOC(=O)c1cnn(C)c1CNCC1(O)CCCCC1. The molecule has 0 atom stereocenters. The van der Waals surface area contributed by atoms with Crippen LogP contribution in [0, 0.1) is 0 Å². The first-order chi connectivity index (χ1) is 10.1. The van der Waals surface area contributed by atoms with E-state index in [1.165, 1.54) is 12.6 Å². The van der Waals surface area contributed by atoms with Gasteiger partial charge in [-0.1, -0.05) is 19.3 Å². The van der Waals surface area contributed by atoms with Gasteiger partial charge in [0.2, 0.25) is 0 Å². The van der Waals surface area contributed by atoms with Crippen molar-refractivity contribution in [2.45, 2.75) is 51.2 Å². The van der Waals surface area contributed by atoms with Gasteiger partial charge in [-0.05, 0) is 19.8 Å². The van der Waals surface area contributed by atoms with Crippen LogP contribution in [-0.4, -0.2) is 39.6 Å². The van der Waals surface area contributed by atoms with E-state index in [0.29, 0.717) is 25.3 Å². The Balaban J connectivity index is 1.93. The Labute approximate surface area is 125 Å². The highest BCUT2D eigenvalue weighted by molar-refractivity contribution is 5.90. The number of aromatic nitrogens is 2. The topological polar surface area (TPSA) is 76.4 Å². The first kappa shape index (κ1) is 16.0. The van der Waals surface area contributed by atoms with Gasteiger partial charge in [0.15, 0.2) is 0 Å². The predicted molar refractivity (Wildman–Crippen MR) is 78.9 cm³/mol. The second-order valence-electron chi connectivity index (χ2n) is 5.74. The highest BCUT2D eigenvalue weighted by Crippen LogP contribution is 2.27. The Morgan fingerprint density at radius 3 is 2.86 bits per heavy atom. The molecule has 6 nitrogen and oxygen atoms in total. The van der Waals surface area contributed by atoms with Gasteiger partial charge in [-0.2, -0.15) is 5.10 Å². The first-order valence-electron chi connectivity index (χ1n) is 7.67. The molecule has 1 aromatic heterocycles. The number of nitrogens with zero attached hydrogens (tertiary/aromatic N) is 2. The number of aryl methyl sites for hydroxylation is 1. The zero-order valence-corrected chi connectivity index (χ0v) is 12.9. The first-order valence-corrected chi connectivity index (χ1v) is 7.67. The minimum Gasteiger partial charge on any atom is -0.462 e. The summed E-state index contributed by atoms with van der Waals surface area (Å²) >= 11 is 0. The van der Waals surface area contributed by atoms with E-state index in [2.05, 4.69) is 10.4 Å². The van der Waals surface area contributed by atoms with Crippen molar-refractivity contribution >= 4 is 5.97 Å². The molecule has 1 aliphatic carbocycles. The minimum atomic E-state index is -0.610. The van der Waals surface area contributed by atoms with Crippen molar-refractivity contribution in [1.29, 1.82) is 0 Å². The van der Waals surface area contributed by atoms with Crippen LogP contribution in [0.25, 0.3) is 0 Å². The van der Waals surface area contributed by atoms with E-state index >= 15 is 0 Å². The third-order valence-electron chi connectivity index (χ3n) is 4.09. The van der Waals surface area contributed by atoms with Crippen LogP contribution in [0.5, 0.6) is 0 Å². The lowest BCUT2D eigenvalue weighted by molar-refractivity contribution is 0.00455. The second-order valence-corrected chi connectivity index (χ2v) is 5.74. The quantitative estimate of drug-likeness (QED) is 0.775. The van der Waals surface area contributed by atoms with Gasteiger partial charge in [-0.15, -0.1) is 0 Å². The Morgan fingerprint density at radius 2 is 2.19 bits per heavy atom. The van der Waals surface area contributed by atoms with Crippen molar-refractivity contribution in [2.24, 2.45) is 7.05 Å². The molecule has 0 unspecified atom stereocenters. The molecule has 2 N–H and O–H groups in total. The molecule has 1 saturated carbocycles. The van der Waals surface area contributed by atoms with Gasteiger partial charge in [0, 0.05) is 20.1 Å². The van der Waals surface area contributed by atoms with Crippen LogP contribution in [-0.2, 0) is 18.3 Å². The van der Waals surface area contributed by atoms with E-state index in [9.17, 15) is 9.90 Å². The lowest BCUT2D eigenvalue weighted by Gasteiger charge is -2.32. The maximum absolute atomic E-state index is 11.9. The molecule has 0 aromatic carbocycles. The summed E-state index contributed by atoms with van der Waals surface area (Å²) in [6.45, 7) is 3.17. The van der Waals surface area contributed by atoms with Gasteiger partial charge in [0.25, 0.3) is 0 Å². The van der Waals surface area contributed by atoms with E-state index in [-0.39, 0.29) is 5.97 Å². The third-order valence-corrected chi connectivity index (χ3v) is 4.09. The van der Waals surface area contributed by atoms with Gasteiger partial charge in [0.05, 0.1) is 24.1 Å². The van der Waals surface area contributed by atoms with Crippen LogP contribution < -0.4 is 5.32 Å². The molecule has 0 saturated heterocycles. The number of carbonyl (C=O) groups excluding carboxylic acids is 1. The van der Waals surface area contributed by atoms with E-state index < -0.39 is 5.60 Å². The zero-order valence-electron chi connectivity index (χ0n) is 12.9. The highest BCUT2D eigenvalue weighted by atomic mass is 16.5. The maximum Gasteiger partial charge on any atom is 0.341 e. The number of rotatable bonds is 6. The average molecular weight is 295 g/mol. The largest absolute Gasteiger partial charge is 0.462 e. The van der Waals surface area contributed by atoms with E-state index in [1.807, 2.05) is 0 Å². The molecule has 0 aliphatic heterocycles. The van der Waals surface area contributed by atoms with Gasteiger partial charge in [0.1, 0.15) is 5.56 Å². The summed E-state index contributed by atoms with van der Waals surface area (Å²) in [4.78, 5) is 11.9. The molecule has 0 amide bonds. The number of aliphatic hydroxyl groups is 1. The van der Waals surface area contributed by atoms with Crippen molar-refractivity contribution in [1.82, 2.24) is 15.1 Å². The molecule has 118 valence electrons. The summed E-state index contributed by atoms with van der Waals surface area (Å²) in [5.41, 5.74) is 0.663. The maximum atomic E-state index is 11.9. The molecular formula is C15H25N3O3. The molecular weight excluding hydrogens is 270 g/mol. The summed E-state index contributed by atoms with van der Waals surface area (Å²) in [6.07, 6.45) is 6.59. The summed E-state index contributed by atoms with van der Waals surface area (Å²) in [5, 5.41) is 17.8. The summed E-state index contributed by atoms with van der Waals surface area (Å²) in [6, 6.07) is 0. The molecule has 2 rings (SSSR count). The molecule has 1 heterocycles. The second kappa shape index (κ2) is 7.04. The standard InChI is InChI=1S/C15H25N3O3/c1-3-21-14(19)12-9-17-18(2)13(12)10-16-11-15(20)7-5-4-6-8-15/h9,16,20H,3-8,10-11H2,1-2H3. The molecule has 1 fully saturated rings. The number of hydrogen-bond acceptors (Lipinski definition) is 5. The van der Waals surface area contributed by atoms with Crippen LogP contribution in [0.1, 0.15) is 55.1 Å². The summed E-state index contributed by atoms with van der Waals surface area (Å²) in [5.74, 6) is -0.348. The Hall–Kier alpha value is -1.40. The number of ether oxygens (including phenoxy) is 1. The molecule has 1 aliphatic rings. The van der Waals surface area contributed by atoms with Crippen molar-refractivity contribution in [3.05, 3.63) is 17.5 Å². The minimum absolute atomic E-state index is 0.348. The number of carbonyl (C=O) groups is 1. The van der Waals surface area contributed by atoms with Gasteiger partial charge in [-0.25, -0.2) is 4.79 Å². The third kappa shape index (κ3) is 4.04. The Kier molecular flexibility index (Phi) is 5.36. The fourth-order valence-electron chi connectivity index (χ4n) is 2.85. The van der Waals surface area contributed by atoms with Crippen LogP contribution in [0.3, 0.4) is 0 Å². The van der Waals surface area contributed by atoms with Gasteiger partial charge < -0.3 is 15.2 Å². The summed E-state index contributed by atoms with van der Waals surface area (Å²) in [7, 11) is 1.80. The van der Waals surface area contributed by atoms with E-state index in [4.69, 9.17) is 4.74 Å². The lowest BCUT2D eigenvalue weighted by Crippen LogP contribution is -2.42. The van der Waals surface area contributed by atoms with Crippen LogP contribution in [0.15, 0.2) is 6.20 Å².